The highest BCUT2D eigenvalue weighted by Crippen LogP contribution is 1.98. The SMILES string of the molecule is [18O]=Cc1ccc(F)cc1. The number of halogens is 1. The highest BCUT2D eigenvalue weighted by Gasteiger charge is 1.87. The van der Waals surface area contributed by atoms with Gasteiger partial charge in [0.15, 0.2) is 0 Å². The third kappa shape index (κ3) is 1.35. The Labute approximate surface area is 52.1 Å². The molecule has 0 N–H and O–H groups in total. The average Bonchev–Trinajstić information content (AvgIpc) is 1.90. The Bertz CT molecular complexity index is 203. The summed E-state index contributed by atoms with van der Waals surface area (Å²) in [5, 5.41) is 0. The molecule has 9 heavy (non-hydrogen) atoms. The van der Waals surface area contributed by atoms with E-state index in [0.29, 0.717) is 11.8 Å². The lowest BCUT2D eigenvalue weighted by molar-refractivity contribution is 0.112. The first-order chi connectivity index (χ1) is 4.33. The van der Waals surface area contributed by atoms with Crippen molar-refractivity contribution in [2.75, 3.05) is 0 Å². The van der Waals surface area contributed by atoms with Crippen LogP contribution in [0.1, 0.15) is 10.4 Å². The Balaban J connectivity index is 3.01. The normalized spacial score (nSPS) is 9.00. The summed E-state index contributed by atoms with van der Waals surface area (Å²) in [6.45, 7) is 0. The zero-order valence-corrected chi connectivity index (χ0v) is 4.67. The van der Waals surface area contributed by atoms with E-state index in [1.807, 2.05) is 0 Å². The van der Waals surface area contributed by atoms with Crippen LogP contribution in [-0.4, -0.2) is 6.29 Å². The highest BCUT2D eigenvalue weighted by atomic mass is 19.1. The van der Waals surface area contributed by atoms with Gasteiger partial charge in [-0.25, -0.2) is 4.39 Å². The molecule has 0 atom stereocenters. The fraction of sp³-hybridized carbons (Fsp3) is 0. The molecule has 0 aliphatic carbocycles. The van der Waals surface area contributed by atoms with Crippen molar-refractivity contribution in [1.82, 2.24) is 0 Å². The van der Waals surface area contributed by atoms with Gasteiger partial charge in [-0.1, -0.05) is 0 Å². The van der Waals surface area contributed by atoms with Crippen LogP contribution in [0.4, 0.5) is 4.39 Å². The van der Waals surface area contributed by atoms with Crippen molar-refractivity contribution in [3.8, 4) is 0 Å². The van der Waals surface area contributed by atoms with Crippen LogP contribution in [0, 0.1) is 5.82 Å². The van der Waals surface area contributed by atoms with Gasteiger partial charge in [-0.2, -0.15) is 0 Å². The van der Waals surface area contributed by atoms with Crippen molar-refractivity contribution in [2.24, 2.45) is 0 Å². The predicted molar refractivity (Wildman–Crippen MR) is 31.8 cm³/mol. The van der Waals surface area contributed by atoms with Crippen LogP contribution in [0.3, 0.4) is 0 Å². The van der Waals surface area contributed by atoms with Gasteiger partial charge in [0, 0.05) is 5.56 Å². The lowest BCUT2D eigenvalue weighted by Crippen LogP contribution is -1.77. The summed E-state index contributed by atoms with van der Waals surface area (Å²) in [6, 6.07) is 5.37. The van der Waals surface area contributed by atoms with E-state index in [0.717, 1.165) is 0 Å². The van der Waals surface area contributed by atoms with E-state index in [4.69, 9.17) is 0 Å². The number of hydrogen-bond acceptors (Lipinski definition) is 1. The second-order valence-electron chi connectivity index (χ2n) is 1.67. The molecule has 0 bridgehead atoms. The van der Waals surface area contributed by atoms with Gasteiger partial charge in [0.25, 0.3) is 0 Å². The van der Waals surface area contributed by atoms with E-state index in [1.165, 1.54) is 24.3 Å². The molecule has 0 spiro atoms. The fourth-order valence-corrected chi connectivity index (χ4v) is 0.541. The molecule has 0 saturated carbocycles. The van der Waals surface area contributed by atoms with Crippen molar-refractivity contribution < 1.29 is 9.18 Å². The van der Waals surface area contributed by atoms with Crippen molar-refractivity contribution >= 4 is 6.29 Å². The van der Waals surface area contributed by atoms with Gasteiger partial charge in [0.1, 0.15) is 12.1 Å². The van der Waals surface area contributed by atoms with Crippen LogP contribution in [-0.2, 0) is 0 Å². The van der Waals surface area contributed by atoms with Gasteiger partial charge in [-0.15, -0.1) is 0 Å². The first kappa shape index (κ1) is 5.95. The van der Waals surface area contributed by atoms with E-state index in [1.54, 1.807) is 0 Å². The second-order valence-corrected chi connectivity index (χ2v) is 1.67. The maximum Gasteiger partial charge on any atom is 0.150 e. The predicted octanol–water partition coefficient (Wildman–Crippen LogP) is 1.64. The number of hydrogen-bond donors (Lipinski definition) is 0. The molecule has 0 fully saturated rings. The lowest BCUT2D eigenvalue weighted by atomic mass is 10.2. The third-order valence-corrected chi connectivity index (χ3v) is 1.01. The molecule has 0 aliphatic rings. The summed E-state index contributed by atoms with van der Waals surface area (Å²) in [6.07, 6.45) is 0.680. The highest BCUT2D eigenvalue weighted by molar-refractivity contribution is 5.74. The zero-order chi connectivity index (χ0) is 6.69. The van der Waals surface area contributed by atoms with Gasteiger partial charge in [-0.05, 0) is 24.3 Å². The fourth-order valence-electron chi connectivity index (χ4n) is 0.541. The van der Waals surface area contributed by atoms with E-state index < -0.39 is 0 Å². The van der Waals surface area contributed by atoms with Crippen LogP contribution in [0.5, 0.6) is 0 Å². The molecule has 0 aromatic heterocycles. The standard InChI is InChI=1S/C7H5FO/c8-7-3-1-6(5-9)2-4-7/h1-5H/i9+2. The summed E-state index contributed by atoms with van der Waals surface area (Å²) in [4.78, 5) is 10.00. The first-order valence-corrected chi connectivity index (χ1v) is 2.53. The molecule has 1 nitrogen and oxygen atoms in total. The topological polar surface area (TPSA) is 17.1 Å². The van der Waals surface area contributed by atoms with Gasteiger partial charge < -0.3 is 0 Å². The monoisotopic (exact) mass is 126 g/mol. The van der Waals surface area contributed by atoms with E-state index >= 15 is 0 Å². The van der Waals surface area contributed by atoms with Gasteiger partial charge in [0.05, 0.1) is 0 Å². The molecule has 0 amide bonds. The molecular formula is C7H5FO. The number of carbonyl (C=O) groups is 1. The second kappa shape index (κ2) is 2.40. The van der Waals surface area contributed by atoms with Crippen LogP contribution >= 0.6 is 0 Å². The molecule has 0 heterocycles. The van der Waals surface area contributed by atoms with Gasteiger partial charge in [0.2, 0.25) is 0 Å². The Morgan fingerprint density at radius 2 is 1.78 bits per heavy atom. The van der Waals surface area contributed by atoms with Crippen LogP contribution < -0.4 is 0 Å². The molecule has 1 aromatic rings. The summed E-state index contributed by atoms with van der Waals surface area (Å²) in [5.41, 5.74) is 0.497. The summed E-state index contributed by atoms with van der Waals surface area (Å²) in [7, 11) is 0. The molecule has 1 rings (SSSR count). The van der Waals surface area contributed by atoms with E-state index in [-0.39, 0.29) is 5.82 Å². The molecule has 0 unspecified atom stereocenters. The smallest absolute Gasteiger partial charge is 0.150 e. The number of aldehydes is 1. The minimum atomic E-state index is -0.319. The maximum atomic E-state index is 12.1. The van der Waals surface area contributed by atoms with Crippen LogP contribution in [0.25, 0.3) is 0 Å². The van der Waals surface area contributed by atoms with Crippen molar-refractivity contribution in [1.29, 1.82) is 0 Å². The van der Waals surface area contributed by atoms with Crippen LogP contribution in [0.2, 0.25) is 0 Å². The van der Waals surface area contributed by atoms with Crippen molar-refractivity contribution in [3.63, 3.8) is 0 Å². The number of rotatable bonds is 1. The minimum Gasteiger partial charge on any atom is -0.298 e. The zero-order valence-electron chi connectivity index (χ0n) is 4.67. The molecule has 0 aliphatic heterocycles. The Hall–Kier alpha value is -1.18. The van der Waals surface area contributed by atoms with Gasteiger partial charge >= 0.3 is 0 Å². The molecule has 2 heteroatoms. The maximum absolute atomic E-state index is 12.1. The van der Waals surface area contributed by atoms with Crippen molar-refractivity contribution in [2.45, 2.75) is 0 Å². The quantitative estimate of drug-likeness (QED) is 0.413. The Kier molecular flexibility index (Phi) is 1.58. The summed E-state index contributed by atoms with van der Waals surface area (Å²) < 4.78 is 12.1. The lowest BCUT2D eigenvalue weighted by Gasteiger charge is -1.86. The summed E-state index contributed by atoms with van der Waals surface area (Å²) >= 11 is 0. The molecular weight excluding hydrogens is 121 g/mol. The van der Waals surface area contributed by atoms with E-state index in [2.05, 4.69) is 0 Å². The largest absolute Gasteiger partial charge is 0.298 e. The summed E-state index contributed by atoms with van der Waals surface area (Å²) in [5.74, 6) is -0.319. The van der Waals surface area contributed by atoms with E-state index in [9.17, 15) is 9.18 Å². The van der Waals surface area contributed by atoms with Gasteiger partial charge in [-0.3, -0.25) is 4.79 Å². The van der Waals surface area contributed by atoms with Crippen LogP contribution in [0.15, 0.2) is 24.3 Å². The number of benzene rings is 1. The number of carbonyl (C=O) groups excluding carboxylic acids is 1. The minimum absolute atomic E-state index is 0.319. The molecule has 1 aromatic carbocycles. The Morgan fingerprint density at radius 1 is 1.22 bits per heavy atom. The first-order valence-electron chi connectivity index (χ1n) is 2.53. The Morgan fingerprint density at radius 3 is 2.22 bits per heavy atom. The molecule has 0 radical (unpaired) electrons. The molecule has 46 valence electrons. The van der Waals surface area contributed by atoms with Crippen molar-refractivity contribution in [3.05, 3.63) is 35.6 Å². The average molecular weight is 126 g/mol. The third-order valence-electron chi connectivity index (χ3n) is 1.01. The molecule has 0 saturated heterocycles.